The summed E-state index contributed by atoms with van der Waals surface area (Å²) in [5.41, 5.74) is 3.62. The van der Waals surface area contributed by atoms with Crippen molar-refractivity contribution in [1.29, 1.82) is 0 Å². The molecule has 7 heteroatoms. The quantitative estimate of drug-likeness (QED) is 0.379. The highest BCUT2D eigenvalue weighted by Gasteiger charge is 2.23. The van der Waals surface area contributed by atoms with Gasteiger partial charge in [-0.3, -0.25) is 4.79 Å². The fraction of sp³-hybridized carbons (Fsp3) is 0.310. The van der Waals surface area contributed by atoms with Crippen LogP contribution >= 0.6 is 0 Å². The monoisotopic (exact) mass is 486 g/mol. The normalized spacial score (nSPS) is 14.6. The summed E-state index contributed by atoms with van der Waals surface area (Å²) in [6.45, 7) is 6.04. The molecule has 1 saturated heterocycles. The molecule has 1 unspecified atom stereocenters. The molecule has 1 heterocycles. The van der Waals surface area contributed by atoms with Gasteiger partial charge in [0.15, 0.2) is 0 Å². The molecule has 3 aromatic carbocycles. The first-order valence-electron chi connectivity index (χ1n) is 12.4. The number of hydrogen-bond donors (Lipinski definition) is 3. The van der Waals surface area contributed by atoms with Crippen molar-refractivity contribution in [2.75, 3.05) is 35.7 Å². The Morgan fingerprint density at radius 2 is 1.61 bits per heavy atom. The molecule has 3 aromatic rings. The van der Waals surface area contributed by atoms with E-state index in [1.807, 2.05) is 55.5 Å². The number of nitrogens with one attached hydrogen (secondary N) is 3. The molecule has 0 aliphatic carbocycles. The first kappa shape index (κ1) is 25.1. The molecular weight excluding hydrogens is 452 g/mol. The van der Waals surface area contributed by atoms with E-state index in [9.17, 15) is 9.59 Å². The van der Waals surface area contributed by atoms with Gasteiger partial charge in [-0.05, 0) is 61.6 Å². The van der Waals surface area contributed by atoms with Crippen molar-refractivity contribution in [2.45, 2.75) is 32.7 Å². The van der Waals surface area contributed by atoms with Crippen molar-refractivity contribution in [2.24, 2.45) is 5.92 Å². The zero-order valence-electron chi connectivity index (χ0n) is 21.1. The zero-order valence-corrected chi connectivity index (χ0v) is 21.1. The molecule has 3 N–H and O–H groups in total. The number of hydrogen-bond acceptors (Lipinski definition) is 4. The Balaban J connectivity index is 1.54. The van der Waals surface area contributed by atoms with Gasteiger partial charge in [0.25, 0.3) is 5.91 Å². The molecule has 1 aliphatic heterocycles. The van der Waals surface area contributed by atoms with Gasteiger partial charge < -0.3 is 25.6 Å². The van der Waals surface area contributed by atoms with Crippen LogP contribution in [0.3, 0.4) is 0 Å². The van der Waals surface area contributed by atoms with E-state index in [1.165, 1.54) is 0 Å². The molecule has 0 saturated carbocycles. The molecule has 188 valence electrons. The molecule has 4 rings (SSSR count). The van der Waals surface area contributed by atoms with Crippen LogP contribution in [0.1, 0.15) is 48.7 Å². The van der Waals surface area contributed by atoms with Gasteiger partial charge in [-0.1, -0.05) is 43.3 Å². The van der Waals surface area contributed by atoms with E-state index in [0.29, 0.717) is 28.6 Å². The van der Waals surface area contributed by atoms with Crippen LogP contribution in [0, 0.1) is 5.92 Å². The number of rotatable bonds is 7. The Bertz CT molecular complexity index is 1190. The number of nitrogens with zero attached hydrogens (tertiary/aromatic N) is 1. The number of methoxy groups -OCH3 is 1. The molecule has 1 atom stereocenters. The summed E-state index contributed by atoms with van der Waals surface area (Å²) in [4.78, 5) is 28.4. The van der Waals surface area contributed by atoms with Crippen LogP contribution < -0.4 is 25.6 Å². The van der Waals surface area contributed by atoms with Crippen molar-refractivity contribution in [3.63, 3.8) is 0 Å². The van der Waals surface area contributed by atoms with Crippen molar-refractivity contribution >= 4 is 29.0 Å². The van der Waals surface area contributed by atoms with E-state index < -0.39 is 6.03 Å². The van der Waals surface area contributed by atoms with Crippen LogP contribution in [0.4, 0.5) is 21.9 Å². The summed E-state index contributed by atoms with van der Waals surface area (Å²) in [6.07, 6.45) is 2.18. The number of piperidine rings is 1. The zero-order chi connectivity index (χ0) is 25.5. The van der Waals surface area contributed by atoms with Crippen LogP contribution in [0.2, 0.25) is 0 Å². The second-order valence-corrected chi connectivity index (χ2v) is 9.32. The van der Waals surface area contributed by atoms with Gasteiger partial charge in [0.1, 0.15) is 5.75 Å². The summed E-state index contributed by atoms with van der Waals surface area (Å²) in [5.74, 6) is 1.16. The van der Waals surface area contributed by atoms with Crippen LogP contribution in [-0.2, 0) is 0 Å². The third-order valence-corrected chi connectivity index (χ3v) is 6.60. The lowest BCUT2D eigenvalue weighted by molar-refractivity contribution is 0.0940. The lowest BCUT2D eigenvalue weighted by atomic mass is 9.97. The average Bonchev–Trinajstić information content (AvgIpc) is 2.89. The number of amides is 3. The fourth-order valence-corrected chi connectivity index (χ4v) is 4.41. The Morgan fingerprint density at radius 3 is 2.31 bits per heavy atom. The van der Waals surface area contributed by atoms with Gasteiger partial charge in [-0.2, -0.15) is 0 Å². The predicted octanol–water partition coefficient (Wildman–Crippen LogP) is 6.07. The maximum Gasteiger partial charge on any atom is 0.323 e. The first-order valence-corrected chi connectivity index (χ1v) is 12.4. The smallest absolute Gasteiger partial charge is 0.323 e. The number of carbonyl (C=O) groups is 2. The van der Waals surface area contributed by atoms with Crippen molar-refractivity contribution in [3.05, 3.63) is 83.9 Å². The topological polar surface area (TPSA) is 82.7 Å². The lowest BCUT2D eigenvalue weighted by Gasteiger charge is -2.33. The molecular formula is C29H34N4O3. The van der Waals surface area contributed by atoms with E-state index in [2.05, 4.69) is 27.8 Å². The van der Waals surface area contributed by atoms with E-state index in [1.54, 1.807) is 31.4 Å². The van der Waals surface area contributed by atoms with Crippen molar-refractivity contribution in [1.82, 2.24) is 5.32 Å². The maximum absolute atomic E-state index is 13.5. The minimum Gasteiger partial charge on any atom is -0.497 e. The van der Waals surface area contributed by atoms with E-state index in [0.717, 1.165) is 37.2 Å². The first-order chi connectivity index (χ1) is 17.4. The third kappa shape index (κ3) is 6.36. The molecule has 36 heavy (non-hydrogen) atoms. The van der Waals surface area contributed by atoms with E-state index in [-0.39, 0.29) is 11.9 Å². The summed E-state index contributed by atoms with van der Waals surface area (Å²) in [6, 6.07) is 22.0. The highest BCUT2D eigenvalue weighted by molar-refractivity contribution is 6.04. The van der Waals surface area contributed by atoms with Gasteiger partial charge in [-0.25, -0.2) is 4.79 Å². The second kappa shape index (κ2) is 11.6. The van der Waals surface area contributed by atoms with E-state index >= 15 is 0 Å². The molecule has 7 nitrogen and oxygen atoms in total. The van der Waals surface area contributed by atoms with Gasteiger partial charge in [-0.15, -0.1) is 0 Å². The van der Waals surface area contributed by atoms with Gasteiger partial charge in [0, 0.05) is 36.2 Å². The molecule has 1 aliphatic rings. The highest BCUT2D eigenvalue weighted by atomic mass is 16.5. The van der Waals surface area contributed by atoms with Crippen LogP contribution in [0.15, 0.2) is 72.8 Å². The van der Waals surface area contributed by atoms with Crippen LogP contribution in [-0.4, -0.2) is 32.1 Å². The maximum atomic E-state index is 13.5. The van der Waals surface area contributed by atoms with Gasteiger partial charge in [0.2, 0.25) is 0 Å². The summed E-state index contributed by atoms with van der Waals surface area (Å²) < 4.78 is 5.22. The number of ether oxygens (including phenoxy) is 1. The number of carbonyl (C=O) groups excluding carboxylic acids is 2. The second-order valence-electron chi connectivity index (χ2n) is 9.32. The summed E-state index contributed by atoms with van der Waals surface area (Å²) in [5, 5.41) is 8.79. The summed E-state index contributed by atoms with van der Waals surface area (Å²) in [7, 11) is 1.58. The molecule has 3 amide bonds. The predicted molar refractivity (Wildman–Crippen MR) is 145 cm³/mol. The molecule has 1 fully saturated rings. The molecule has 0 aromatic heterocycles. The van der Waals surface area contributed by atoms with Crippen molar-refractivity contribution in [3.8, 4) is 5.75 Å². The Hall–Kier alpha value is -4.00. The summed E-state index contributed by atoms with van der Waals surface area (Å²) >= 11 is 0. The van der Waals surface area contributed by atoms with E-state index in [4.69, 9.17) is 4.74 Å². The van der Waals surface area contributed by atoms with Crippen LogP contribution in [0.25, 0.3) is 0 Å². The van der Waals surface area contributed by atoms with Crippen LogP contribution in [0.5, 0.6) is 5.75 Å². The Morgan fingerprint density at radius 1 is 0.917 bits per heavy atom. The number of urea groups is 1. The van der Waals surface area contributed by atoms with Gasteiger partial charge in [0.05, 0.1) is 18.7 Å². The Kier molecular flexibility index (Phi) is 8.10. The number of anilines is 3. The minimum absolute atomic E-state index is 0.152. The molecule has 0 spiro atoms. The lowest BCUT2D eigenvalue weighted by Crippen LogP contribution is -2.35. The highest BCUT2D eigenvalue weighted by Crippen LogP contribution is 2.29. The number of benzene rings is 3. The average molecular weight is 487 g/mol. The fourth-order valence-electron chi connectivity index (χ4n) is 4.41. The van der Waals surface area contributed by atoms with Crippen molar-refractivity contribution < 1.29 is 14.3 Å². The largest absolute Gasteiger partial charge is 0.497 e. The Labute approximate surface area is 212 Å². The molecule has 0 radical (unpaired) electrons. The molecule has 0 bridgehead atoms. The standard InChI is InChI=1S/C29H34N4O3/c1-20-14-16-33(17-15-20)27-13-12-24(32-29(35)31-23-10-7-11-25(18-23)36-3)19-26(27)28(34)30-21(2)22-8-5-4-6-9-22/h4-13,18-21H,14-17H2,1-3H3,(H,30,34)(H2,31,32,35). The minimum atomic E-state index is -0.396. The SMILES string of the molecule is COc1cccc(NC(=O)Nc2ccc(N3CCC(C)CC3)c(C(=O)NC(C)c3ccccc3)c2)c1. The third-order valence-electron chi connectivity index (χ3n) is 6.60. The van der Waals surface area contributed by atoms with Gasteiger partial charge >= 0.3 is 6.03 Å².